The third kappa shape index (κ3) is 3.56. The predicted molar refractivity (Wildman–Crippen MR) is 76.3 cm³/mol. The van der Waals surface area contributed by atoms with Gasteiger partial charge < -0.3 is 10.4 Å². The van der Waals surface area contributed by atoms with Gasteiger partial charge in [0.05, 0.1) is 12.1 Å². The molecule has 2 aromatic rings. The summed E-state index contributed by atoms with van der Waals surface area (Å²) in [6.07, 6.45) is 0.0682. The summed E-state index contributed by atoms with van der Waals surface area (Å²) in [4.78, 5) is 11.9. The van der Waals surface area contributed by atoms with Gasteiger partial charge in [0.2, 0.25) is 5.91 Å². The van der Waals surface area contributed by atoms with Gasteiger partial charge in [-0.3, -0.25) is 4.79 Å². The minimum absolute atomic E-state index is 0.0682. The van der Waals surface area contributed by atoms with Crippen LogP contribution in [0.2, 0.25) is 0 Å². The van der Waals surface area contributed by atoms with Gasteiger partial charge >= 0.3 is 0 Å². The molecule has 5 heteroatoms. The average molecular weight is 291 g/mol. The van der Waals surface area contributed by atoms with Crippen LogP contribution >= 0.6 is 0 Å². The van der Waals surface area contributed by atoms with Crippen LogP contribution < -0.4 is 5.32 Å². The van der Waals surface area contributed by atoms with Gasteiger partial charge in [-0.2, -0.15) is 0 Å². The van der Waals surface area contributed by atoms with Crippen LogP contribution in [0.25, 0.3) is 0 Å². The summed E-state index contributed by atoms with van der Waals surface area (Å²) in [6, 6.07) is 6.99. The number of aromatic hydroxyl groups is 1. The molecule has 0 atom stereocenters. The van der Waals surface area contributed by atoms with E-state index in [1.54, 1.807) is 0 Å². The molecule has 2 aromatic carbocycles. The summed E-state index contributed by atoms with van der Waals surface area (Å²) in [7, 11) is 0. The van der Waals surface area contributed by atoms with Crippen molar-refractivity contribution in [2.75, 3.05) is 5.32 Å². The maximum absolute atomic E-state index is 13.5. The van der Waals surface area contributed by atoms with E-state index in [9.17, 15) is 18.7 Å². The second-order valence-corrected chi connectivity index (χ2v) is 4.93. The Bertz CT molecular complexity index is 699. The number of nitrogens with one attached hydrogen (secondary N) is 1. The van der Waals surface area contributed by atoms with E-state index in [1.807, 2.05) is 32.0 Å². The molecule has 2 rings (SSSR count). The first kappa shape index (κ1) is 15.0. The Balaban J connectivity index is 2.11. The van der Waals surface area contributed by atoms with Gasteiger partial charge in [0, 0.05) is 12.1 Å². The first-order valence-corrected chi connectivity index (χ1v) is 6.41. The highest BCUT2D eigenvalue weighted by atomic mass is 19.1. The molecule has 0 spiro atoms. The first-order valence-electron chi connectivity index (χ1n) is 6.41. The maximum Gasteiger partial charge on any atom is 0.228 e. The molecule has 21 heavy (non-hydrogen) atoms. The lowest BCUT2D eigenvalue weighted by Gasteiger charge is -2.08. The van der Waals surface area contributed by atoms with Crippen molar-refractivity contribution >= 4 is 11.6 Å². The van der Waals surface area contributed by atoms with Crippen molar-refractivity contribution in [3.05, 3.63) is 58.7 Å². The molecule has 0 radical (unpaired) electrons. The van der Waals surface area contributed by atoms with Crippen molar-refractivity contribution in [2.24, 2.45) is 0 Å². The lowest BCUT2D eigenvalue weighted by Crippen LogP contribution is -2.15. The normalized spacial score (nSPS) is 10.5. The van der Waals surface area contributed by atoms with Crippen molar-refractivity contribution in [1.82, 2.24) is 0 Å². The SMILES string of the molecule is Cc1ccc(CC(=O)Nc2cc(O)c(F)cc2F)cc1C. The smallest absolute Gasteiger partial charge is 0.228 e. The zero-order valence-corrected chi connectivity index (χ0v) is 11.7. The van der Waals surface area contributed by atoms with E-state index in [1.165, 1.54) is 0 Å². The van der Waals surface area contributed by atoms with Gasteiger partial charge in [0.25, 0.3) is 0 Å². The van der Waals surface area contributed by atoms with Crippen LogP contribution in [0.15, 0.2) is 30.3 Å². The number of aryl methyl sites for hydroxylation is 2. The summed E-state index contributed by atoms with van der Waals surface area (Å²) in [5.41, 5.74) is 2.73. The summed E-state index contributed by atoms with van der Waals surface area (Å²) in [6.45, 7) is 3.91. The standard InChI is InChI=1S/C16H15F2NO2/c1-9-3-4-11(5-10(9)2)6-16(21)19-14-8-15(20)13(18)7-12(14)17/h3-5,7-8,20H,6H2,1-2H3,(H,19,21). The maximum atomic E-state index is 13.5. The lowest BCUT2D eigenvalue weighted by atomic mass is 10.0. The lowest BCUT2D eigenvalue weighted by molar-refractivity contribution is -0.115. The van der Waals surface area contributed by atoms with Crippen LogP contribution in [0.3, 0.4) is 0 Å². The molecule has 1 amide bonds. The van der Waals surface area contributed by atoms with Crippen molar-refractivity contribution in [3.8, 4) is 5.75 Å². The Morgan fingerprint density at radius 1 is 1.10 bits per heavy atom. The Morgan fingerprint density at radius 2 is 1.81 bits per heavy atom. The molecule has 110 valence electrons. The third-order valence-corrected chi connectivity index (χ3v) is 3.25. The minimum atomic E-state index is -1.07. The van der Waals surface area contributed by atoms with Crippen LogP contribution in [-0.4, -0.2) is 11.0 Å². The van der Waals surface area contributed by atoms with E-state index >= 15 is 0 Å². The highest BCUT2D eigenvalue weighted by Gasteiger charge is 2.12. The molecule has 2 N–H and O–H groups in total. The van der Waals surface area contributed by atoms with Crippen LogP contribution in [0.4, 0.5) is 14.5 Å². The molecule has 0 saturated carbocycles. The van der Waals surface area contributed by atoms with Crippen molar-refractivity contribution in [2.45, 2.75) is 20.3 Å². The topological polar surface area (TPSA) is 49.3 Å². The molecule has 0 bridgehead atoms. The zero-order chi connectivity index (χ0) is 15.6. The van der Waals surface area contributed by atoms with Crippen LogP contribution in [-0.2, 0) is 11.2 Å². The number of carbonyl (C=O) groups excluding carboxylic acids is 1. The number of phenolic OH excluding ortho intramolecular Hbond substituents is 1. The van der Waals surface area contributed by atoms with E-state index in [-0.39, 0.29) is 12.1 Å². The van der Waals surface area contributed by atoms with Crippen LogP contribution in [0, 0.1) is 25.5 Å². The Morgan fingerprint density at radius 3 is 2.48 bits per heavy atom. The van der Waals surface area contributed by atoms with Crippen LogP contribution in [0.1, 0.15) is 16.7 Å². The number of rotatable bonds is 3. The monoisotopic (exact) mass is 291 g/mol. The molecule has 0 aliphatic rings. The molecule has 0 saturated heterocycles. The number of benzene rings is 2. The number of halogens is 2. The van der Waals surface area contributed by atoms with Gasteiger partial charge in [-0.15, -0.1) is 0 Å². The summed E-state index contributed by atoms with van der Waals surface area (Å²) in [5, 5.41) is 11.5. The molecule has 0 aliphatic carbocycles. The first-order chi connectivity index (χ1) is 9.86. The second-order valence-electron chi connectivity index (χ2n) is 4.93. The van der Waals surface area contributed by atoms with Gasteiger partial charge in [-0.1, -0.05) is 18.2 Å². The predicted octanol–water partition coefficient (Wildman–Crippen LogP) is 3.47. The third-order valence-electron chi connectivity index (χ3n) is 3.25. The van der Waals surface area contributed by atoms with E-state index in [4.69, 9.17) is 0 Å². The van der Waals surface area contributed by atoms with Gasteiger partial charge in [0.1, 0.15) is 5.82 Å². The molecule has 0 aromatic heterocycles. The summed E-state index contributed by atoms with van der Waals surface area (Å²) >= 11 is 0. The number of hydrogen-bond acceptors (Lipinski definition) is 2. The quantitative estimate of drug-likeness (QED) is 0.909. The molecule has 0 unspecified atom stereocenters. The fraction of sp³-hybridized carbons (Fsp3) is 0.188. The Labute approximate surface area is 121 Å². The molecule has 0 fully saturated rings. The van der Waals surface area contributed by atoms with Crippen molar-refractivity contribution in [3.63, 3.8) is 0 Å². The number of phenols is 1. The molecule has 3 nitrogen and oxygen atoms in total. The van der Waals surface area contributed by atoms with Gasteiger partial charge in [0.15, 0.2) is 11.6 Å². The fourth-order valence-electron chi connectivity index (χ4n) is 1.93. The largest absolute Gasteiger partial charge is 0.505 e. The van der Waals surface area contributed by atoms with E-state index in [0.29, 0.717) is 6.07 Å². The fourth-order valence-corrected chi connectivity index (χ4v) is 1.93. The number of hydrogen-bond donors (Lipinski definition) is 2. The zero-order valence-electron chi connectivity index (χ0n) is 11.7. The van der Waals surface area contributed by atoms with E-state index < -0.39 is 23.3 Å². The molecular formula is C16H15F2NO2. The number of carbonyl (C=O) groups is 1. The van der Waals surface area contributed by atoms with Crippen LogP contribution in [0.5, 0.6) is 5.75 Å². The highest BCUT2D eigenvalue weighted by Crippen LogP contribution is 2.24. The Hall–Kier alpha value is -2.43. The second kappa shape index (κ2) is 5.91. The van der Waals surface area contributed by atoms with Gasteiger partial charge in [-0.25, -0.2) is 8.78 Å². The molecule has 0 aliphatic heterocycles. The highest BCUT2D eigenvalue weighted by molar-refractivity contribution is 5.92. The average Bonchev–Trinajstić information content (AvgIpc) is 2.40. The van der Waals surface area contributed by atoms with Crippen molar-refractivity contribution in [1.29, 1.82) is 0 Å². The molecule has 0 heterocycles. The van der Waals surface area contributed by atoms with Gasteiger partial charge in [-0.05, 0) is 30.5 Å². The van der Waals surface area contributed by atoms with Crippen molar-refractivity contribution < 1.29 is 18.7 Å². The minimum Gasteiger partial charge on any atom is -0.505 e. The van der Waals surface area contributed by atoms with E-state index in [0.717, 1.165) is 22.8 Å². The molecular weight excluding hydrogens is 276 g/mol. The number of anilines is 1. The number of amides is 1. The summed E-state index contributed by atoms with van der Waals surface area (Å²) in [5.74, 6) is -3.15. The Kier molecular flexibility index (Phi) is 4.21. The van der Waals surface area contributed by atoms with E-state index in [2.05, 4.69) is 5.32 Å². The summed E-state index contributed by atoms with van der Waals surface area (Å²) < 4.78 is 26.4.